The number of nitrogens with one attached hydrogen (secondary N) is 1. The van der Waals surface area contributed by atoms with Crippen LogP contribution in [0, 0.1) is 0 Å². The number of rotatable bonds is 2. The molecule has 82 valence electrons. The van der Waals surface area contributed by atoms with Crippen molar-refractivity contribution in [1.82, 2.24) is 0 Å². The minimum Gasteiger partial charge on any atom is -0.450 e. The molecule has 15 heavy (non-hydrogen) atoms. The molecule has 0 aliphatic carbocycles. The van der Waals surface area contributed by atoms with Gasteiger partial charge in [-0.1, -0.05) is 23.2 Å². The van der Waals surface area contributed by atoms with Crippen LogP contribution < -0.4 is 11.1 Å². The number of carbonyl (C=O) groups is 1. The molecule has 0 saturated carbocycles. The summed E-state index contributed by atoms with van der Waals surface area (Å²) in [4.78, 5) is 11.1. The predicted molar refractivity (Wildman–Crippen MR) is 61.5 cm³/mol. The Morgan fingerprint density at radius 2 is 2.20 bits per heavy atom. The molecule has 0 bridgehead atoms. The third-order valence-electron chi connectivity index (χ3n) is 1.62. The van der Waals surface area contributed by atoms with Gasteiger partial charge in [-0.2, -0.15) is 0 Å². The van der Waals surface area contributed by atoms with Gasteiger partial charge in [0.1, 0.15) is 0 Å². The second kappa shape index (κ2) is 5.09. The molecular weight excluding hydrogens is 239 g/mol. The fourth-order valence-corrected chi connectivity index (χ4v) is 1.42. The van der Waals surface area contributed by atoms with E-state index in [9.17, 15) is 4.79 Å². The molecule has 0 atom stereocenters. The van der Waals surface area contributed by atoms with Gasteiger partial charge in [-0.25, -0.2) is 4.79 Å². The van der Waals surface area contributed by atoms with Gasteiger partial charge >= 0.3 is 6.09 Å². The topological polar surface area (TPSA) is 64.3 Å². The molecule has 4 nitrogen and oxygen atoms in total. The van der Waals surface area contributed by atoms with Crippen LogP contribution in [-0.2, 0) is 4.74 Å². The third kappa shape index (κ3) is 2.91. The molecule has 0 saturated heterocycles. The number of halogens is 2. The van der Waals surface area contributed by atoms with E-state index in [-0.39, 0.29) is 17.3 Å². The highest BCUT2D eigenvalue weighted by molar-refractivity contribution is 6.41. The molecule has 0 radical (unpaired) electrons. The van der Waals surface area contributed by atoms with Gasteiger partial charge in [0.15, 0.2) is 0 Å². The Balaban J connectivity index is 2.93. The molecule has 0 spiro atoms. The molecule has 3 N–H and O–H groups in total. The van der Waals surface area contributed by atoms with E-state index in [0.29, 0.717) is 10.7 Å². The Hall–Kier alpha value is -1.13. The molecular formula is C9H10Cl2N2O2. The highest BCUT2D eigenvalue weighted by Crippen LogP contribution is 2.34. The van der Waals surface area contributed by atoms with E-state index < -0.39 is 6.09 Å². The monoisotopic (exact) mass is 248 g/mol. The fourth-order valence-electron chi connectivity index (χ4n) is 0.952. The van der Waals surface area contributed by atoms with Gasteiger partial charge in [-0.3, -0.25) is 5.32 Å². The minimum atomic E-state index is -0.619. The molecule has 1 amide bonds. The van der Waals surface area contributed by atoms with Crippen LogP contribution >= 0.6 is 23.2 Å². The van der Waals surface area contributed by atoms with E-state index in [1.165, 1.54) is 0 Å². The molecule has 0 aliphatic heterocycles. The highest BCUT2D eigenvalue weighted by atomic mass is 35.5. The zero-order chi connectivity index (χ0) is 11.4. The number of hydrogen-bond donors (Lipinski definition) is 2. The quantitative estimate of drug-likeness (QED) is 0.791. The fraction of sp³-hybridized carbons (Fsp3) is 0.222. The maximum Gasteiger partial charge on any atom is 0.411 e. The average molecular weight is 249 g/mol. The summed E-state index contributed by atoms with van der Waals surface area (Å²) >= 11 is 11.7. The van der Waals surface area contributed by atoms with Crippen molar-refractivity contribution >= 4 is 40.7 Å². The number of anilines is 2. The van der Waals surface area contributed by atoms with Crippen molar-refractivity contribution in [2.24, 2.45) is 0 Å². The number of amides is 1. The van der Waals surface area contributed by atoms with Crippen molar-refractivity contribution in [3.05, 3.63) is 22.2 Å². The maximum absolute atomic E-state index is 11.1. The number of benzene rings is 1. The Kier molecular flexibility index (Phi) is 4.05. The van der Waals surface area contributed by atoms with Gasteiger partial charge in [0, 0.05) is 0 Å². The lowest BCUT2D eigenvalue weighted by molar-refractivity contribution is 0.168. The molecule has 1 rings (SSSR count). The van der Waals surface area contributed by atoms with Gasteiger partial charge in [0.2, 0.25) is 0 Å². The zero-order valence-electron chi connectivity index (χ0n) is 8.01. The summed E-state index contributed by atoms with van der Waals surface area (Å²) in [6, 6.07) is 3.10. The van der Waals surface area contributed by atoms with Crippen LogP contribution in [0.4, 0.5) is 16.2 Å². The van der Waals surface area contributed by atoms with Gasteiger partial charge < -0.3 is 10.5 Å². The third-order valence-corrected chi connectivity index (χ3v) is 2.35. The number of nitrogens with two attached hydrogens (primary N) is 1. The zero-order valence-corrected chi connectivity index (χ0v) is 9.52. The highest BCUT2D eigenvalue weighted by Gasteiger charge is 2.12. The van der Waals surface area contributed by atoms with Gasteiger partial charge in [-0.05, 0) is 19.1 Å². The lowest BCUT2D eigenvalue weighted by Crippen LogP contribution is -2.14. The van der Waals surface area contributed by atoms with Crippen LogP contribution in [0.15, 0.2) is 12.1 Å². The number of carbonyl (C=O) groups excluding carboxylic acids is 1. The second-order valence-corrected chi connectivity index (χ2v) is 3.46. The molecule has 0 unspecified atom stereocenters. The van der Waals surface area contributed by atoms with E-state index >= 15 is 0 Å². The summed E-state index contributed by atoms with van der Waals surface area (Å²) in [5, 5.41) is 2.93. The van der Waals surface area contributed by atoms with Crippen LogP contribution in [0.2, 0.25) is 10.0 Å². The summed E-state index contributed by atoms with van der Waals surface area (Å²) < 4.78 is 4.69. The first-order valence-electron chi connectivity index (χ1n) is 4.23. The van der Waals surface area contributed by atoms with E-state index in [0.717, 1.165) is 0 Å². The van der Waals surface area contributed by atoms with Crippen LogP contribution in [0.3, 0.4) is 0 Å². The summed E-state index contributed by atoms with van der Waals surface area (Å²) in [5.74, 6) is 0. The smallest absolute Gasteiger partial charge is 0.411 e. The summed E-state index contributed by atoms with van der Waals surface area (Å²) in [6.07, 6.45) is -0.619. The molecule has 1 aromatic carbocycles. The summed E-state index contributed by atoms with van der Waals surface area (Å²) in [6.45, 7) is 1.96. The Morgan fingerprint density at radius 1 is 1.53 bits per heavy atom. The lowest BCUT2D eigenvalue weighted by Gasteiger charge is -2.10. The predicted octanol–water partition coefficient (Wildman–Crippen LogP) is 3.14. The van der Waals surface area contributed by atoms with Crippen LogP contribution in [-0.4, -0.2) is 12.7 Å². The van der Waals surface area contributed by atoms with Crippen molar-refractivity contribution in [3.8, 4) is 0 Å². The summed E-state index contributed by atoms with van der Waals surface area (Å²) in [5.41, 5.74) is 6.16. The van der Waals surface area contributed by atoms with Crippen molar-refractivity contribution < 1.29 is 9.53 Å². The van der Waals surface area contributed by atoms with Crippen molar-refractivity contribution in [2.45, 2.75) is 6.92 Å². The molecule has 0 heterocycles. The van der Waals surface area contributed by atoms with E-state index in [1.807, 2.05) is 0 Å². The summed E-state index contributed by atoms with van der Waals surface area (Å²) in [7, 11) is 0. The van der Waals surface area contributed by atoms with Crippen molar-refractivity contribution in [3.63, 3.8) is 0 Å². The Morgan fingerprint density at radius 3 is 2.80 bits per heavy atom. The molecule has 6 heteroatoms. The molecule has 0 aromatic heterocycles. The van der Waals surface area contributed by atoms with Crippen LogP contribution in [0.1, 0.15) is 6.92 Å². The van der Waals surface area contributed by atoms with Crippen LogP contribution in [0.25, 0.3) is 0 Å². The first kappa shape index (κ1) is 11.9. The molecule has 0 fully saturated rings. The van der Waals surface area contributed by atoms with E-state index in [4.69, 9.17) is 28.9 Å². The second-order valence-electron chi connectivity index (χ2n) is 2.67. The normalized spacial score (nSPS) is 9.80. The van der Waals surface area contributed by atoms with E-state index in [1.54, 1.807) is 19.1 Å². The first-order valence-corrected chi connectivity index (χ1v) is 4.99. The van der Waals surface area contributed by atoms with Gasteiger partial charge in [-0.15, -0.1) is 0 Å². The van der Waals surface area contributed by atoms with Crippen molar-refractivity contribution in [1.29, 1.82) is 0 Å². The van der Waals surface area contributed by atoms with Gasteiger partial charge in [0.25, 0.3) is 0 Å². The van der Waals surface area contributed by atoms with E-state index in [2.05, 4.69) is 10.1 Å². The van der Waals surface area contributed by atoms with Gasteiger partial charge in [0.05, 0.1) is 28.0 Å². The number of hydrogen-bond acceptors (Lipinski definition) is 3. The average Bonchev–Trinajstić information content (AvgIpc) is 2.19. The minimum absolute atomic E-state index is 0.204. The molecule has 1 aromatic rings. The standard InChI is InChI=1S/C9H10Cl2N2O2/c1-2-15-9(14)13-8-5(10)3-4-6(12)7(8)11/h3-4H,2,12H2,1H3,(H,13,14). The first-order chi connectivity index (χ1) is 7.06. The lowest BCUT2D eigenvalue weighted by atomic mass is 10.3. The Labute approximate surface area is 97.3 Å². The van der Waals surface area contributed by atoms with Crippen molar-refractivity contribution in [2.75, 3.05) is 17.7 Å². The molecule has 0 aliphatic rings. The SMILES string of the molecule is CCOC(=O)Nc1c(Cl)ccc(N)c1Cl. The Bertz CT molecular complexity index is 383. The van der Waals surface area contributed by atoms with Crippen LogP contribution in [0.5, 0.6) is 0 Å². The maximum atomic E-state index is 11.1. The number of nitrogen functional groups attached to an aromatic ring is 1. The number of ether oxygens (including phenoxy) is 1. The largest absolute Gasteiger partial charge is 0.450 e.